The quantitative estimate of drug-likeness (QED) is 0.188. The van der Waals surface area contributed by atoms with Crippen molar-refractivity contribution in [3.05, 3.63) is 65.4 Å². The summed E-state index contributed by atoms with van der Waals surface area (Å²) in [7, 11) is 3.13. The first-order valence-corrected chi connectivity index (χ1v) is 13.2. The molecule has 5 rings (SSSR count). The van der Waals surface area contributed by atoms with Gasteiger partial charge in [0.25, 0.3) is 5.88 Å². The van der Waals surface area contributed by atoms with Crippen molar-refractivity contribution in [2.75, 3.05) is 27.2 Å². The summed E-state index contributed by atoms with van der Waals surface area (Å²) in [6.45, 7) is 1.12. The summed E-state index contributed by atoms with van der Waals surface area (Å²) in [5, 5.41) is 17.7. The lowest BCUT2D eigenvalue weighted by atomic mass is 10.0. The van der Waals surface area contributed by atoms with E-state index in [4.69, 9.17) is 30.1 Å². The van der Waals surface area contributed by atoms with Gasteiger partial charge in [0.1, 0.15) is 23.2 Å². The van der Waals surface area contributed by atoms with Crippen LogP contribution in [-0.2, 0) is 9.53 Å². The number of ether oxygens (including phenoxy) is 4. The van der Waals surface area contributed by atoms with Crippen molar-refractivity contribution in [2.45, 2.75) is 31.3 Å². The third-order valence-electron chi connectivity index (χ3n) is 7.12. The Morgan fingerprint density at radius 1 is 1.12 bits per heavy atom. The minimum absolute atomic E-state index is 0.0600. The SMILES string of the molecule is COC(=O)C1(Oc2ccc(Oc3c(F)cnc(Oc4cc(C(=N)N)ccc4O)c3F)c(C3=NCCN3C)c2)CCCC1. The number of aromatic hydroxyl groups is 1. The number of nitrogens with two attached hydrogens (primary N) is 1. The molecule has 42 heavy (non-hydrogen) atoms. The molecule has 1 aromatic heterocycles. The predicted molar refractivity (Wildman–Crippen MR) is 148 cm³/mol. The molecule has 13 heteroatoms. The molecule has 1 aliphatic carbocycles. The molecule has 0 saturated heterocycles. The molecule has 0 amide bonds. The summed E-state index contributed by atoms with van der Waals surface area (Å²) >= 11 is 0. The van der Waals surface area contributed by atoms with Gasteiger partial charge in [-0.1, -0.05) is 0 Å². The summed E-state index contributed by atoms with van der Waals surface area (Å²) in [5.74, 6) is -4.35. The molecule has 1 fully saturated rings. The lowest BCUT2D eigenvalue weighted by Gasteiger charge is -2.28. The third kappa shape index (κ3) is 5.49. The number of carbonyl (C=O) groups is 1. The predicted octanol–water partition coefficient (Wildman–Crippen LogP) is 4.49. The van der Waals surface area contributed by atoms with E-state index in [0.717, 1.165) is 19.0 Å². The van der Waals surface area contributed by atoms with Crippen LogP contribution in [0.15, 0.2) is 47.6 Å². The number of benzene rings is 2. The van der Waals surface area contributed by atoms with Crippen LogP contribution in [0.5, 0.6) is 34.6 Å². The van der Waals surface area contributed by atoms with Crippen molar-refractivity contribution in [1.82, 2.24) is 9.88 Å². The molecule has 0 bridgehead atoms. The van der Waals surface area contributed by atoms with Crippen molar-refractivity contribution in [3.63, 3.8) is 0 Å². The lowest BCUT2D eigenvalue weighted by Crippen LogP contribution is -2.42. The molecule has 2 aliphatic rings. The van der Waals surface area contributed by atoms with E-state index in [1.54, 1.807) is 6.07 Å². The summed E-state index contributed by atoms with van der Waals surface area (Å²) in [6, 6.07) is 8.44. The fraction of sp³-hybridized carbons (Fsp3) is 0.310. The van der Waals surface area contributed by atoms with Crippen molar-refractivity contribution in [2.24, 2.45) is 10.7 Å². The van der Waals surface area contributed by atoms with E-state index in [2.05, 4.69) is 9.98 Å². The maximum Gasteiger partial charge on any atom is 0.350 e. The average molecular weight is 582 g/mol. The molecular formula is C29H29F2N5O6. The second-order valence-corrected chi connectivity index (χ2v) is 9.93. The number of phenols is 1. The first kappa shape index (κ1) is 28.6. The van der Waals surface area contributed by atoms with Gasteiger partial charge < -0.3 is 34.7 Å². The molecule has 0 radical (unpaired) electrons. The number of phenolic OH excluding ortho intramolecular Hbond substituents is 1. The van der Waals surface area contributed by atoms with Crippen LogP contribution < -0.4 is 19.9 Å². The van der Waals surface area contributed by atoms with Gasteiger partial charge >= 0.3 is 5.97 Å². The van der Waals surface area contributed by atoms with Gasteiger partial charge in [0.15, 0.2) is 17.3 Å². The standard InChI is InChI=1S/C29H29F2N5O6/c1-36-12-11-34-26(36)18-14-17(42-29(28(38)39-2)9-3-4-10-29)6-8-21(18)40-24-19(30)15-35-27(23(24)31)41-22-13-16(25(32)33)5-7-20(22)37/h5-8,13-15,37H,3-4,9-12H2,1-2H3,(H3,32,33). The van der Waals surface area contributed by atoms with Crippen molar-refractivity contribution >= 4 is 17.6 Å². The highest BCUT2D eigenvalue weighted by atomic mass is 19.1. The fourth-order valence-electron chi connectivity index (χ4n) is 4.94. The molecule has 0 atom stereocenters. The number of methoxy groups -OCH3 is 1. The number of hydrogen-bond acceptors (Lipinski definition) is 10. The Labute approximate surface area is 240 Å². The molecule has 2 aromatic carbocycles. The van der Waals surface area contributed by atoms with E-state index in [1.807, 2.05) is 11.9 Å². The number of nitrogens with one attached hydrogen (secondary N) is 1. The third-order valence-corrected chi connectivity index (χ3v) is 7.12. The van der Waals surface area contributed by atoms with Crippen LogP contribution in [0.2, 0.25) is 0 Å². The highest BCUT2D eigenvalue weighted by Gasteiger charge is 2.45. The maximum atomic E-state index is 15.6. The van der Waals surface area contributed by atoms with Crippen molar-refractivity contribution < 1.29 is 37.6 Å². The highest BCUT2D eigenvalue weighted by Crippen LogP contribution is 2.40. The Morgan fingerprint density at radius 2 is 1.88 bits per heavy atom. The summed E-state index contributed by atoms with van der Waals surface area (Å²) < 4.78 is 52.9. The van der Waals surface area contributed by atoms with Gasteiger partial charge in [-0.3, -0.25) is 10.4 Å². The van der Waals surface area contributed by atoms with E-state index >= 15 is 4.39 Å². The van der Waals surface area contributed by atoms with Crippen LogP contribution in [0.25, 0.3) is 0 Å². The van der Waals surface area contributed by atoms with Crippen LogP contribution in [0.3, 0.4) is 0 Å². The number of carbonyl (C=O) groups excluding carboxylic acids is 1. The van der Waals surface area contributed by atoms with Gasteiger partial charge in [0.2, 0.25) is 17.2 Å². The van der Waals surface area contributed by atoms with Crippen LogP contribution >= 0.6 is 0 Å². The smallest absolute Gasteiger partial charge is 0.350 e. The molecule has 4 N–H and O–H groups in total. The van der Waals surface area contributed by atoms with Gasteiger partial charge in [-0.25, -0.2) is 14.2 Å². The summed E-state index contributed by atoms with van der Waals surface area (Å²) in [4.78, 5) is 22.7. The zero-order valence-electron chi connectivity index (χ0n) is 22.9. The van der Waals surface area contributed by atoms with Crippen LogP contribution in [-0.4, -0.2) is 65.5 Å². The number of hydrogen-bond donors (Lipinski definition) is 3. The van der Waals surface area contributed by atoms with Gasteiger partial charge in [0.05, 0.1) is 25.4 Å². The second kappa shape index (κ2) is 11.5. The van der Waals surface area contributed by atoms with E-state index in [9.17, 15) is 14.3 Å². The Morgan fingerprint density at radius 3 is 2.55 bits per heavy atom. The summed E-state index contributed by atoms with van der Waals surface area (Å²) in [6.07, 6.45) is 3.32. The zero-order chi connectivity index (χ0) is 30.0. The number of likely N-dealkylation sites (N-methyl/N-ethyl adjacent to an activating group) is 1. The molecule has 1 aliphatic heterocycles. The first-order chi connectivity index (χ1) is 20.1. The fourth-order valence-corrected chi connectivity index (χ4v) is 4.94. The minimum atomic E-state index is -1.27. The average Bonchev–Trinajstić information content (AvgIpc) is 3.63. The number of esters is 1. The number of nitrogens with zero attached hydrogens (tertiary/aromatic N) is 3. The zero-order valence-corrected chi connectivity index (χ0v) is 22.9. The Bertz CT molecular complexity index is 1570. The molecule has 2 heterocycles. The number of nitrogen functional groups attached to an aromatic ring is 1. The Hall–Kier alpha value is -4.94. The molecule has 11 nitrogen and oxygen atoms in total. The number of aromatic nitrogens is 1. The molecule has 3 aromatic rings. The molecule has 220 valence electrons. The largest absolute Gasteiger partial charge is 0.504 e. The van der Waals surface area contributed by atoms with E-state index in [0.29, 0.717) is 43.1 Å². The molecule has 0 spiro atoms. The first-order valence-electron chi connectivity index (χ1n) is 13.2. The van der Waals surface area contributed by atoms with Crippen molar-refractivity contribution in [3.8, 4) is 34.6 Å². The Kier molecular flexibility index (Phi) is 7.83. The maximum absolute atomic E-state index is 15.6. The Balaban J connectivity index is 1.50. The number of aliphatic imine (C=N–C) groups is 1. The lowest BCUT2D eigenvalue weighted by molar-refractivity contribution is -0.158. The number of pyridine rings is 1. The number of rotatable bonds is 9. The highest BCUT2D eigenvalue weighted by molar-refractivity contribution is 6.02. The number of halogens is 2. The second-order valence-electron chi connectivity index (χ2n) is 9.93. The van der Waals surface area contributed by atoms with E-state index in [-0.39, 0.29) is 28.6 Å². The molecule has 1 saturated carbocycles. The molecule has 0 unspecified atom stereocenters. The monoisotopic (exact) mass is 581 g/mol. The van der Waals surface area contributed by atoms with Gasteiger partial charge in [-0.15, -0.1) is 0 Å². The van der Waals surface area contributed by atoms with Gasteiger partial charge in [-0.2, -0.15) is 4.39 Å². The van der Waals surface area contributed by atoms with Crippen LogP contribution in [0.1, 0.15) is 36.8 Å². The van der Waals surface area contributed by atoms with Gasteiger partial charge in [0, 0.05) is 19.2 Å². The molecular weight excluding hydrogens is 552 g/mol. The van der Waals surface area contributed by atoms with E-state index in [1.165, 1.54) is 37.4 Å². The topological polar surface area (TPSA) is 153 Å². The van der Waals surface area contributed by atoms with Gasteiger partial charge in [-0.05, 0) is 62.1 Å². The minimum Gasteiger partial charge on any atom is -0.504 e. The van der Waals surface area contributed by atoms with Crippen LogP contribution in [0.4, 0.5) is 8.78 Å². The van der Waals surface area contributed by atoms with E-state index < -0.39 is 34.8 Å². The van der Waals surface area contributed by atoms with Crippen LogP contribution in [0, 0.1) is 17.0 Å². The summed E-state index contributed by atoms with van der Waals surface area (Å²) in [5.41, 5.74) is 4.96. The normalized spacial score (nSPS) is 15.7. The van der Waals surface area contributed by atoms with Crippen molar-refractivity contribution in [1.29, 1.82) is 5.41 Å². The number of amidine groups is 2.